The van der Waals surface area contributed by atoms with Crippen LogP contribution in [0, 0.1) is 6.92 Å². The third-order valence-corrected chi connectivity index (χ3v) is 7.79. The van der Waals surface area contributed by atoms with Crippen LogP contribution in [0.4, 0.5) is 5.13 Å². The van der Waals surface area contributed by atoms with Crippen molar-refractivity contribution < 1.29 is 8.42 Å². The molecule has 8 heteroatoms. The zero-order chi connectivity index (χ0) is 15.2. The average molecular weight is 330 g/mol. The van der Waals surface area contributed by atoms with Crippen LogP contribution in [0.1, 0.15) is 37.8 Å². The largest absolute Gasteiger partial charge is 0.375 e. The van der Waals surface area contributed by atoms with Crippen molar-refractivity contribution in [3.63, 3.8) is 0 Å². The quantitative estimate of drug-likeness (QED) is 0.873. The number of thiazole rings is 1. The van der Waals surface area contributed by atoms with Crippen LogP contribution >= 0.6 is 11.3 Å². The summed E-state index contributed by atoms with van der Waals surface area (Å²) in [5.41, 5.74) is 6.10. The van der Waals surface area contributed by atoms with Gasteiger partial charge < -0.3 is 10.6 Å². The topological polar surface area (TPSA) is 88.3 Å². The molecule has 3 heterocycles. The molecule has 0 saturated carbocycles. The van der Waals surface area contributed by atoms with Crippen LogP contribution in [0.5, 0.6) is 0 Å². The van der Waals surface area contributed by atoms with Crippen LogP contribution in [0.15, 0.2) is 4.21 Å². The van der Waals surface area contributed by atoms with E-state index in [1.807, 2.05) is 0 Å². The van der Waals surface area contributed by atoms with Gasteiger partial charge in [0, 0.05) is 18.1 Å². The summed E-state index contributed by atoms with van der Waals surface area (Å²) >= 11 is 1.04. The molecule has 2 aliphatic heterocycles. The van der Waals surface area contributed by atoms with E-state index in [-0.39, 0.29) is 10.3 Å². The van der Waals surface area contributed by atoms with Crippen LogP contribution in [-0.4, -0.2) is 43.5 Å². The van der Waals surface area contributed by atoms with Gasteiger partial charge >= 0.3 is 0 Å². The van der Waals surface area contributed by atoms with Gasteiger partial charge in [0.05, 0.1) is 5.69 Å². The maximum Gasteiger partial charge on any atom is 0.252 e. The lowest BCUT2D eigenvalue weighted by Crippen LogP contribution is -2.55. The Kier molecular flexibility index (Phi) is 3.98. The molecule has 2 bridgehead atoms. The highest BCUT2D eigenvalue weighted by atomic mass is 32.2. The highest BCUT2D eigenvalue weighted by molar-refractivity contribution is 7.91. The van der Waals surface area contributed by atoms with Gasteiger partial charge in [0.25, 0.3) is 10.0 Å². The number of hydrogen-bond donors (Lipinski definition) is 2. The summed E-state index contributed by atoms with van der Waals surface area (Å²) in [7, 11) is -1.35. The van der Waals surface area contributed by atoms with Crippen molar-refractivity contribution >= 4 is 26.5 Å². The lowest BCUT2D eigenvalue weighted by Gasteiger charge is -2.47. The predicted octanol–water partition coefficient (Wildman–Crippen LogP) is 1.33. The number of hydrogen-bond acceptors (Lipinski definition) is 6. The Morgan fingerprint density at radius 1 is 1.33 bits per heavy atom. The van der Waals surface area contributed by atoms with Crippen molar-refractivity contribution in [3.05, 3.63) is 5.69 Å². The van der Waals surface area contributed by atoms with Gasteiger partial charge in [-0.05, 0) is 39.7 Å². The zero-order valence-corrected chi connectivity index (χ0v) is 14.0. The summed E-state index contributed by atoms with van der Waals surface area (Å²) in [5, 5.41) is 0.299. The maximum atomic E-state index is 12.5. The highest BCUT2D eigenvalue weighted by Gasteiger charge is 2.38. The first kappa shape index (κ1) is 15.2. The van der Waals surface area contributed by atoms with Gasteiger partial charge in [0.2, 0.25) is 0 Å². The van der Waals surface area contributed by atoms with Gasteiger partial charge in [-0.1, -0.05) is 17.8 Å². The summed E-state index contributed by atoms with van der Waals surface area (Å²) in [6, 6.07) is 1.01. The maximum absolute atomic E-state index is 12.5. The van der Waals surface area contributed by atoms with Gasteiger partial charge in [-0.25, -0.2) is 18.1 Å². The Bertz CT molecular complexity index is 614. The second kappa shape index (κ2) is 5.49. The molecular weight excluding hydrogens is 308 g/mol. The van der Waals surface area contributed by atoms with Crippen LogP contribution in [0.3, 0.4) is 0 Å². The number of nitrogens with one attached hydrogen (secondary N) is 1. The van der Waals surface area contributed by atoms with Gasteiger partial charge in [0.1, 0.15) is 0 Å². The molecule has 3 N–H and O–H groups in total. The van der Waals surface area contributed by atoms with E-state index in [0.29, 0.717) is 22.9 Å². The van der Waals surface area contributed by atoms with Gasteiger partial charge in [-0.3, -0.25) is 0 Å². The lowest BCUT2D eigenvalue weighted by molar-refractivity contribution is 0.0536. The fourth-order valence-corrected chi connectivity index (χ4v) is 6.21. The normalized spacial score (nSPS) is 30.5. The van der Waals surface area contributed by atoms with E-state index in [4.69, 9.17) is 5.73 Å². The van der Waals surface area contributed by atoms with Crippen molar-refractivity contribution in [2.24, 2.45) is 0 Å². The van der Waals surface area contributed by atoms with E-state index in [1.54, 1.807) is 6.92 Å². The number of sulfonamides is 1. The van der Waals surface area contributed by atoms with Crippen molar-refractivity contribution in [2.75, 3.05) is 12.8 Å². The summed E-state index contributed by atoms with van der Waals surface area (Å²) in [6.45, 7) is 1.69. The molecule has 2 saturated heterocycles. The average Bonchev–Trinajstić information content (AvgIpc) is 2.70. The second-order valence-electron chi connectivity index (χ2n) is 6.12. The predicted molar refractivity (Wildman–Crippen MR) is 83.8 cm³/mol. The number of rotatable bonds is 3. The molecule has 21 heavy (non-hydrogen) atoms. The molecule has 1 aromatic rings. The number of anilines is 1. The number of aromatic nitrogens is 1. The first-order chi connectivity index (χ1) is 9.87. The zero-order valence-electron chi connectivity index (χ0n) is 12.4. The van der Waals surface area contributed by atoms with Crippen molar-refractivity contribution in [3.8, 4) is 0 Å². The standard InChI is InChI=1S/C13H22N4O2S2/c1-8-12(20-13(14)15-8)21(18,19)16-9-6-10-4-3-5-11(7-9)17(10)2/h9-11,16H,3-7H2,1-2H3,(H2,14,15). The minimum atomic E-state index is -3.51. The van der Waals surface area contributed by atoms with Crippen LogP contribution in [0.2, 0.25) is 0 Å². The van der Waals surface area contributed by atoms with Gasteiger partial charge in [-0.15, -0.1) is 0 Å². The molecule has 2 unspecified atom stereocenters. The number of piperidine rings is 2. The summed E-state index contributed by atoms with van der Waals surface area (Å²) < 4.78 is 28.2. The second-order valence-corrected chi connectivity index (χ2v) is 9.06. The molecule has 6 nitrogen and oxygen atoms in total. The molecule has 0 aromatic carbocycles. The molecule has 2 aliphatic rings. The molecule has 3 rings (SSSR count). The fraction of sp³-hybridized carbons (Fsp3) is 0.769. The van der Waals surface area contributed by atoms with E-state index in [0.717, 1.165) is 37.0 Å². The van der Waals surface area contributed by atoms with E-state index < -0.39 is 10.0 Å². The molecule has 0 spiro atoms. The van der Waals surface area contributed by atoms with Gasteiger partial charge in [0.15, 0.2) is 9.34 Å². The molecular formula is C13H22N4O2S2. The van der Waals surface area contributed by atoms with E-state index >= 15 is 0 Å². The van der Waals surface area contributed by atoms with Crippen LogP contribution in [-0.2, 0) is 10.0 Å². The Morgan fingerprint density at radius 2 is 1.95 bits per heavy atom. The SMILES string of the molecule is Cc1nc(N)sc1S(=O)(=O)NC1CC2CCCC(C1)N2C. The monoisotopic (exact) mass is 330 g/mol. The van der Waals surface area contributed by atoms with Crippen molar-refractivity contribution in [1.82, 2.24) is 14.6 Å². The highest BCUT2D eigenvalue weighted by Crippen LogP contribution is 2.34. The minimum Gasteiger partial charge on any atom is -0.375 e. The first-order valence-electron chi connectivity index (χ1n) is 7.34. The van der Waals surface area contributed by atoms with E-state index in [1.165, 1.54) is 6.42 Å². The lowest BCUT2D eigenvalue weighted by atomic mass is 9.83. The molecule has 0 amide bonds. The Balaban J connectivity index is 1.76. The van der Waals surface area contributed by atoms with Crippen molar-refractivity contribution in [1.29, 1.82) is 0 Å². The van der Waals surface area contributed by atoms with Crippen molar-refractivity contribution in [2.45, 2.75) is 61.4 Å². The Labute approximate surface area is 129 Å². The molecule has 2 fully saturated rings. The molecule has 2 atom stereocenters. The Morgan fingerprint density at radius 3 is 2.48 bits per heavy atom. The smallest absolute Gasteiger partial charge is 0.252 e. The minimum absolute atomic E-state index is 0.0178. The van der Waals surface area contributed by atoms with Crippen LogP contribution < -0.4 is 10.5 Å². The third-order valence-electron chi connectivity index (χ3n) is 4.68. The van der Waals surface area contributed by atoms with E-state index in [9.17, 15) is 8.42 Å². The molecule has 0 aliphatic carbocycles. The molecule has 0 radical (unpaired) electrons. The molecule has 1 aromatic heterocycles. The number of fused-ring (bicyclic) bond motifs is 2. The third kappa shape index (κ3) is 2.94. The van der Waals surface area contributed by atoms with Crippen LogP contribution in [0.25, 0.3) is 0 Å². The van der Waals surface area contributed by atoms with Gasteiger partial charge in [-0.2, -0.15) is 0 Å². The number of nitrogens with zero attached hydrogens (tertiary/aromatic N) is 2. The summed E-state index contributed by atoms with van der Waals surface area (Å²) in [4.78, 5) is 6.43. The first-order valence-corrected chi connectivity index (χ1v) is 9.64. The number of nitrogen functional groups attached to an aromatic ring is 1. The Hall–Kier alpha value is -0.700. The summed E-state index contributed by atoms with van der Waals surface area (Å²) in [6.07, 6.45) is 5.36. The van der Waals surface area contributed by atoms with E-state index in [2.05, 4.69) is 21.7 Å². The number of aryl methyl sites for hydroxylation is 1. The summed E-state index contributed by atoms with van der Waals surface area (Å²) in [5.74, 6) is 0. The fourth-order valence-electron chi connectivity index (χ4n) is 3.64. The number of nitrogens with two attached hydrogens (primary N) is 1. The molecule has 118 valence electrons.